The van der Waals surface area contributed by atoms with Crippen molar-refractivity contribution in [1.29, 1.82) is 0 Å². The second-order valence-electron chi connectivity index (χ2n) is 1.37. The van der Waals surface area contributed by atoms with Gasteiger partial charge < -0.3 is 10.8 Å². The molecule has 0 atom stereocenters. The Morgan fingerprint density at radius 1 is 1.56 bits per heavy atom. The monoisotopic (exact) mass is 129 g/mol. The van der Waals surface area contributed by atoms with Crippen molar-refractivity contribution in [3.8, 4) is 0 Å². The van der Waals surface area contributed by atoms with Gasteiger partial charge in [-0.3, -0.25) is 4.79 Å². The maximum atomic E-state index is 10.1. The van der Waals surface area contributed by atoms with Crippen LogP contribution in [0.15, 0.2) is 11.6 Å². The fourth-order valence-electron chi connectivity index (χ4n) is 0.371. The van der Waals surface area contributed by atoms with Crippen molar-refractivity contribution >= 4 is 11.9 Å². The number of nitrogens with two attached hydrogens (primary N) is 1. The van der Waals surface area contributed by atoms with Crippen LogP contribution < -0.4 is 5.73 Å². The van der Waals surface area contributed by atoms with Crippen molar-refractivity contribution in [2.24, 2.45) is 5.73 Å². The molecule has 0 aliphatic rings. The van der Waals surface area contributed by atoms with Gasteiger partial charge in [0.15, 0.2) is 0 Å². The molecule has 0 bridgehead atoms. The zero-order valence-electron chi connectivity index (χ0n) is 4.92. The van der Waals surface area contributed by atoms with Crippen molar-refractivity contribution in [3.63, 3.8) is 0 Å². The SMILES string of the molecule is CC=C(C(N)=O)C(=O)O. The molecule has 0 saturated carbocycles. The van der Waals surface area contributed by atoms with Gasteiger partial charge in [-0.05, 0) is 6.92 Å². The zero-order valence-corrected chi connectivity index (χ0v) is 4.92. The number of hydrogen-bond acceptors (Lipinski definition) is 2. The lowest BCUT2D eigenvalue weighted by Crippen LogP contribution is -2.19. The van der Waals surface area contributed by atoms with Crippen LogP contribution in [0.3, 0.4) is 0 Å². The van der Waals surface area contributed by atoms with E-state index >= 15 is 0 Å². The molecule has 0 heterocycles. The van der Waals surface area contributed by atoms with Crippen LogP contribution in [0.2, 0.25) is 0 Å². The summed E-state index contributed by atoms with van der Waals surface area (Å²) in [7, 11) is 0. The second kappa shape index (κ2) is 2.86. The smallest absolute Gasteiger partial charge is 0.340 e. The molecule has 3 N–H and O–H groups in total. The average Bonchev–Trinajstić information content (AvgIpc) is 1.64. The third-order valence-electron chi connectivity index (χ3n) is 0.785. The molecule has 0 aromatic heterocycles. The molecule has 4 nitrogen and oxygen atoms in total. The van der Waals surface area contributed by atoms with Gasteiger partial charge in [0.05, 0.1) is 0 Å². The summed E-state index contributed by atoms with van der Waals surface area (Å²) >= 11 is 0. The summed E-state index contributed by atoms with van der Waals surface area (Å²) in [6.45, 7) is 1.44. The van der Waals surface area contributed by atoms with E-state index in [9.17, 15) is 9.59 Å². The molecule has 1 amide bonds. The predicted molar refractivity (Wildman–Crippen MR) is 30.6 cm³/mol. The average molecular weight is 129 g/mol. The molecule has 0 rings (SSSR count). The van der Waals surface area contributed by atoms with Crippen LogP contribution in [-0.4, -0.2) is 17.0 Å². The topological polar surface area (TPSA) is 80.4 Å². The first kappa shape index (κ1) is 7.68. The molecule has 0 unspecified atom stereocenters. The highest BCUT2D eigenvalue weighted by Gasteiger charge is 2.10. The van der Waals surface area contributed by atoms with Gasteiger partial charge in [-0.1, -0.05) is 6.08 Å². The van der Waals surface area contributed by atoms with Crippen LogP contribution in [0.25, 0.3) is 0 Å². The minimum Gasteiger partial charge on any atom is -0.478 e. The molecule has 0 aromatic rings. The third-order valence-corrected chi connectivity index (χ3v) is 0.785. The number of carbonyl (C=O) groups excluding carboxylic acids is 1. The van der Waals surface area contributed by atoms with Gasteiger partial charge in [0.25, 0.3) is 5.91 Å². The summed E-state index contributed by atoms with van der Waals surface area (Å²) in [5.41, 5.74) is 4.28. The van der Waals surface area contributed by atoms with E-state index in [4.69, 9.17) is 5.11 Å². The number of hydrogen-bond donors (Lipinski definition) is 2. The summed E-state index contributed by atoms with van der Waals surface area (Å²) in [6, 6.07) is 0. The van der Waals surface area contributed by atoms with Crippen LogP contribution in [-0.2, 0) is 9.59 Å². The highest BCUT2D eigenvalue weighted by atomic mass is 16.4. The number of amides is 1. The van der Waals surface area contributed by atoms with Gasteiger partial charge >= 0.3 is 5.97 Å². The Kier molecular flexibility index (Phi) is 2.44. The van der Waals surface area contributed by atoms with E-state index in [0.29, 0.717) is 0 Å². The first-order chi connectivity index (χ1) is 4.09. The van der Waals surface area contributed by atoms with Gasteiger partial charge in [-0.2, -0.15) is 0 Å². The zero-order chi connectivity index (χ0) is 7.44. The number of aliphatic carboxylic acids is 1. The van der Waals surface area contributed by atoms with Gasteiger partial charge in [0, 0.05) is 0 Å². The first-order valence-corrected chi connectivity index (χ1v) is 2.29. The Morgan fingerprint density at radius 3 is 2.00 bits per heavy atom. The lowest BCUT2D eigenvalue weighted by molar-refractivity contribution is -0.134. The molecule has 9 heavy (non-hydrogen) atoms. The van der Waals surface area contributed by atoms with Gasteiger partial charge in [0.1, 0.15) is 5.57 Å². The third kappa shape index (κ3) is 1.94. The predicted octanol–water partition coefficient (Wildman–Crippen LogP) is -0.497. The van der Waals surface area contributed by atoms with E-state index in [1.54, 1.807) is 0 Å². The van der Waals surface area contributed by atoms with E-state index < -0.39 is 11.9 Å². The van der Waals surface area contributed by atoms with Crippen LogP contribution in [0.4, 0.5) is 0 Å². The van der Waals surface area contributed by atoms with Crippen molar-refractivity contribution in [2.75, 3.05) is 0 Å². The molecule has 0 aromatic carbocycles. The number of allylic oxidation sites excluding steroid dienone is 1. The minimum absolute atomic E-state index is 0.380. The quantitative estimate of drug-likeness (QED) is 0.299. The Balaban J connectivity index is 4.38. The van der Waals surface area contributed by atoms with E-state index in [2.05, 4.69) is 5.73 Å². The van der Waals surface area contributed by atoms with Crippen molar-refractivity contribution in [3.05, 3.63) is 11.6 Å². The van der Waals surface area contributed by atoms with E-state index in [1.165, 1.54) is 6.92 Å². The summed E-state index contributed by atoms with van der Waals surface area (Å²) in [6.07, 6.45) is 1.16. The van der Waals surface area contributed by atoms with Crippen LogP contribution >= 0.6 is 0 Å². The van der Waals surface area contributed by atoms with Gasteiger partial charge in [0.2, 0.25) is 0 Å². The molecule has 0 saturated heterocycles. The number of rotatable bonds is 2. The van der Waals surface area contributed by atoms with Crippen LogP contribution in [0.1, 0.15) is 6.92 Å². The normalized spacial score (nSPS) is 11.0. The number of carbonyl (C=O) groups is 2. The second-order valence-corrected chi connectivity index (χ2v) is 1.37. The molecule has 0 radical (unpaired) electrons. The number of carboxylic acids is 1. The lowest BCUT2D eigenvalue weighted by Gasteiger charge is -1.90. The Bertz CT molecular complexity index is 155. The van der Waals surface area contributed by atoms with Crippen LogP contribution in [0.5, 0.6) is 0 Å². The van der Waals surface area contributed by atoms with E-state index in [-0.39, 0.29) is 5.57 Å². The molecule has 0 fully saturated rings. The highest BCUT2D eigenvalue weighted by Crippen LogP contribution is 1.90. The van der Waals surface area contributed by atoms with E-state index in [1.807, 2.05) is 0 Å². The Hall–Kier alpha value is -1.32. The number of primary amides is 1. The van der Waals surface area contributed by atoms with Crippen LogP contribution in [0, 0.1) is 0 Å². The fraction of sp³-hybridized carbons (Fsp3) is 0.200. The van der Waals surface area contributed by atoms with Crippen molar-refractivity contribution in [2.45, 2.75) is 6.92 Å². The summed E-state index contributed by atoms with van der Waals surface area (Å²) < 4.78 is 0. The minimum atomic E-state index is -1.29. The standard InChI is InChI=1S/C5H7NO3/c1-2-3(4(6)7)5(8)9/h2H,1H3,(H2,6,7)(H,8,9). The summed E-state index contributed by atoms with van der Waals surface area (Å²) in [5.74, 6) is -2.20. The van der Waals surface area contributed by atoms with Crippen molar-refractivity contribution < 1.29 is 14.7 Å². The maximum absolute atomic E-state index is 10.1. The van der Waals surface area contributed by atoms with E-state index in [0.717, 1.165) is 6.08 Å². The fourth-order valence-corrected chi connectivity index (χ4v) is 0.371. The summed E-state index contributed by atoms with van der Waals surface area (Å²) in [4.78, 5) is 20.1. The first-order valence-electron chi connectivity index (χ1n) is 2.29. The molecule has 4 heteroatoms. The molecular weight excluding hydrogens is 122 g/mol. The molecular formula is C5H7NO3. The Labute approximate surface area is 52.0 Å². The van der Waals surface area contributed by atoms with Gasteiger partial charge in [-0.25, -0.2) is 4.79 Å². The number of carboxylic acid groups (broad SMARTS) is 1. The van der Waals surface area contributed by atoms with Crippen molar-refractivity contribution in [1.82, 2.24) is 0 Å². The Morgan fingerprint density at radius 2 is 2.00 bits per heavy atom. The summed E-state index contributed by atoms with van der Waals surface area (Å²) in [5, 5.41) is 8.17. The molecule has 50 valence electrons. The van der Waals surface area contributed by atoms with Gasteiger partial charge in [-0.15, -0.1) is 0 Å². The largest absolute Gasteiger partial charge is 0.478 e. The molecule has 0 aliphatic heterocycles. The highest BCUT2D eigenvalue weighted by molar-refractivity contribution is 6.14. The lowest BCUT2D eigenvalue weighted by atomic mass is 10.2. The molecule has 0 spiro atoms. The maximum Gasteiger partial charge on any atom is 0.340 e. The molecule has 0 aliphatic carbocycles.